The Hall–Kier alpha value is -2.61. The summed E-state index contributed by atoms with van der Waals surface area (Å²) in [4.78, 5) is 31.3. The fourth-order valence-electron chi connectivity index (χ4n) is 3.08. The standard InChI is InChI=1S/C19H23N3O4S/c1-12-11-27-19(20-12)21-17(23)13-4-6-22(7-5-13)18(24)14-8-15(25-2)10-16(9-14)26-3/h8-11,13H,4-7H2,1-3H3,(H,20,21,23). The van der Waals surface area contributed by atoms with Crippen LogP contribution < -0.4 is 14.8 Å². The number of thiazole rings is 1. The van der Waals surface area contributed by atoms with Crippen molar-refractivity contribution in [3.63, 3.8) is 0 Å². The normalized spacial score (nSPS) is 14.7. The molecule has 0 spiro atoms. The highest BCUT2D eigenvalue weighted by molar-refractivity contribution is 7.13. The van der Waals surface area contributed by atoms with Crippen molar-refractivity contribution in [2.75, 3.05) is 32.6 Å². The molecule has 0 unspecified atom stereocenters. The third-order valence-electron chi connectivity index (χ3n) is 4.60. The number of methoxy groups -OCH3 is 2. The van der Waals surface area contributed by atoms with E-state index in [2.05, 4.69) is 10.3 Å². The van der Waals surface area contributed by atoms with Crippen LogP contribution in [-0.2, 0) is 4.79 Å². The highest BCUT2D eigenvalue weighted by Gasteiger charge is 2.28. The molecule has 0 bridgehead atoms. The summed E-state index contributed by atoms with van der Waals surface area (Å²) in [5.74, 6) is 0.926. The number of likely N-dealkylation sites (tertiary alicyclic amines) is 1. The first-order chi connectivity index (χ1) is 13.0. The number of anilines is 1. The maximum absolute atomic E-state index is 12.8. The summed E-state index contributed by atoms with van der Waals surface area (Å²) < 4.78 is 10.5. The van der Waals surface area contributed by atoms with Gasteiger partial charge in [0.05, 0.1) is 19.9 Å². The van der Waals surface area contributed by atoms with Crippen LogP contribution in [0.25, 0.3) is 0 Å². The Labute approximate surface area is 162 Å². The summed E-state index contributed by atoms with van der Waals surface area (Å²) in [7, 11) is 3.11. The number of carbonyl (C=O) groups excluding carboxylic acids is 2. The van der Waals surface area contributed by atoms with Crippen LogP contribution in [0.3, 0.4) is 0 Å². The number of hydrogen-bond donors (Lipinski definition) is 1. The molecule has 0 saturated carbocycles. The van der Waals surface area contributed by atoms with E-state index in [-0.39, 0.29) is 17.7 Å². The Kier molecular flexibility index (Phi) is 5.95. The third-order valence-corrected chi connectivity index (χ3v) is 5.48. The second kappa shape index (κ2) is 8.39. The Balaban J connectivity index is 1.60. The Bertz CT molecular complexity index is 806. The van der Waals surface area contributed by atoms with Gasteiger partial charge in [-0.2, -0.15) is 0 Å². The molecule has 27 heavy (non-hydrogen) atoms. The van der Waals surface area contributed by atoms with Crippen LogP contribution in [0.15, 0.2) is 23.6 Å². The molecule has 2 amide bonds. The molecule has 1 aromatic heterocycles. The van der Waals surface area contributed by atoms with Gasteiger partial charge in [0.1, 0.15) is 11.5 Å². The predicted molar refractivity (Wildman–Crippen MR) is 104 cm³/mol. The molecule has 2 aromatic rings. The van der Waals surface area contributed by atoms with E-state index in [1.807, 2.05) is 12.3 Å². The van der Waals surface area contributed by atoms with Crippen LogP contribution in [0.2, 0.25) is 0 Å². The topological polar surface area (TPSA) is 80.8 Å². The van der Waals surface area contributed by atoms with Crippen LogP contribution in [0.4, 0.5) is 5.13 Å². The SMILES string of the molecule is COc1cc(OC)cc(C(=O)N2CCC(C(=O)Nc3nc(C)cs3)CC2)c1. The molecule has 0 atom stereocenters. The number of rotatable bonds is 5. The van der Waals surface area contributed by atoms with E-state index in [1.165, 1.54) is 11.3 Å². The summed E-state index contributed by atoms with van der Waals surface area (Å²) in [6.45, 7) is 2.96. The van der Waals surface area contributed by atoms with E-state index in [0.29, 0.717) is 48.1 Å². The van der Waals surface area contributed by atoms with Crippen LogP contribution in [0.1, 0.15) is 28.9 Å². The highest BCUT2D eigenvalue weighted by atomic mass is 32.1. The van der Waals surface area contributed by atoms with Gasteiger partial charge >= 0.3 is 0 Å². The Morgan fingerprint density at radius 3 is 2.30 bits per heavy atom. The maximum atomic E-state index is 12.8. The molecular weight excluding hydrogens is 366 g/mol. The fraction of sp³-hybridized carbons (Fsp3) is 0.421. The number of ether oxygens (including phenoxy) is 2. The molecule has 2 heterocycles. The number of amides is 2. The first-order valence-corrected chi connectivity index (χ1v) is 9.63. The van der Waals surface area contributed by atoms with E-state index in [0.717, 1.165) is 5.69 Å². The summed E-state index contributed by atoms with van der Waals surface area (Å²) >= 11 is 1.42. The first kappa shape index (κ1) is 19.2. The van der Waals surface area contributed by atoms with Crippen molar-refractivity contribution >= 4 is 28.3 Å². The third kappa shape index (κ3) is 4.57. The van der Waals surface area contributed by atoms with Crippen molar-refractivity contribution in [2.45, 2.75) is 19.8 Å². The minimum Gasteiger partial charge on any atom is -0.497 e. The molecule has 7 nitrogen and oxygen atoms in total. The van der Waals surface area contributed by atoms with Gasteiger partial charge in [-0.1, -0.05) is 0 Å². The van der Waals surface area contributed by atoms with Gasteiger partial charge in [-0.25, -0.2) is 4.98 Å². The Morgan fingerprint density at radius 2 is 1.78 bits per heavy atom. The molecule has 8 heteroatoms. The second-order valence-corrected chi connectivity index (χ2v) is 7.31. The van der Waals surface area contributed by atoms with Crippen LogP contribution in [0.5, 0.6) is 11.5 Å². The highest BCUT2D eigenvalue weighted by Crippen LogP contribution is 2.26. The van der Waals surface area contributed by atoms with Gasteiger partial charge in [0.2, 0.25) is 5.91 Å². The van der Waals surface area contributed by atoms with Gasteiger partial charge in [0.15, 0.2) is 5.13 Å². The molecule has 3 rings (SSSR count). The largest absolute Gasteiger partial charge is 0.497 e. The molecule has 1 N–H and O–H groups in total. The molecular formula is C19H23N3O4S. The molecule has 1 aromatic carbocycles. The summed E-state index contributed by atoms with van der Waals surface area (Å²) in [6.07, 6.45) is 1.26. The maximum Gasteiger partial charge on any atom is 0.254 e. The van der Waals surface area contributed by atoms with E-state index in [1.54, 1.807) is 37.3 Å². The molecule has 0 radical (unpaired) electrons. The molecule has 1 saturated heterocycles. The number of carbonyl (C=O) groups is 2. The predicted octanol–water partition coefficient (Wildman–Crippen LogP) is 2.96. The minimum atomic E-state index is -0.113. The first-order valence-electron chi connectivity index (χ1n) is 8.75. The number of aromatic nitrogens is 1. The average molecular weight is 389 g/mol. The lowest BCUT2D eigenvalue weighted by atomic mass is 9.95. The van der Waals surface area contributed by atoms with Crippen molar-refractivity contribution in [2.24, 2.45) is 5.92 Å². The lowest BCUT2D eigenvalue weighted by Gasteiger charge is -2.31. The summed E-state index contributed by atoms with van der Waals surface area (Å²) in [6, 6.07) is 5.14. The fourth-order valence-corrected chi connectivity index (χ4v) is 3.77. The van der Waals surface area contributed by atoms with E-state index >= 15 is 0 Å². The van der Waals surface area contributed by atoms with Crippen molar-refractivity contribution in [3.05, 3.63) is 34.8 Å². The van der Waals surface area contributed by atoms with Crippen LogP contribution in [-0.4, -0.2) is 49.0 Å². The number of benzene rings is 1. The lowest BCUT2D eigenvalue weighted by molar-refractivity contribution is -0.121. The van der Waals surface area contributed by atoms with E-state index in [9.17, 15) is 9.59 Å². The number of nitrogens with zero attached hydrogens (tertiary/aromatic N) is 2. The number of hydrogen-bond acceptors (Lipinski definition) is 6. The number of aryl methyl sites for hydroxylation is 1. The van der Waals surface area contributed by atoms with Gasteiger partial charge in [-0.3, -0.25) is 9.59 Å². The lowest BCUT2D eigenvalue weighted by Crippen LogP contribution is -2.41. The van der Waals surface area contributed by atoms with Crippen LogP contribution >= 0.6 is 11.3 Å². The zero-order valence-electron chi connectivity index (χ0n) is 15.7. The van der Waals surface area contributed by atoms with Crippen molar-refractivity contribution in [1.29, 1.82) is 0 Å². The zero-order chi connectivity index (χ0) is 19.4. The van der Waals surface area contributed by atoms with Crippen LogP contribution in [0, 0.1) is 12.8 Å². The summed E-state index contributed by atoms with van der Waals surface area (Å²) in [5, 5.41) is 5.40. The van der Waals surface area contributed by atoms with Gasteiger partial charge < -0.3 is 19.7 Å². The monoisotopic (exact) mass is 389 g/mol. The van der Waals surface area contributed by atoms with Gasteiger partial charge in [0.25, 0.3) is 5.91 Å². The molecule has 0 aliphatic carbocycles. The van der Waals surface area contributed by atoms with Crippen molar-refractivity contribution in [1.82, 2.24) is 9.88 Å². The molecule has 1 aliphatic rings. The molecule has 144 valence electrons. The van der Waals surface area contributed by atoms with Gasteiger partial charge in [-0.05, 0) is 31.9 Å². The number of nitrogens with one attached hydrogen (secondary N) is 1. The minimum absolute atomic E-state index is 0.0282. The summed E-state index contributed by atoms with van der Waals surface area (Å²) in [5.41, 5.74) is 1.41. The smallest absolute Gasteiger partial charge is 0.254 e. The van der Waals surface area contributed by atoms with Gasteiger partial charge in [-0.15, -0.1) is 11.3 Å². The Morgan fingerprint density at radius 1 is 1.15 bits per heavy atom. The molecule has 1 aliphatic heterocycles. The van der Waals surface area contributed by atoms with Crippen molar-refractivity contribution in [3.8, 4) is 11.5 Å². The van der Waals surface area contributed by atoms with E-state index < -0.39 is 0 Å². The van der Waals surface area contributed by atoms with E-state index in [4.69, 9.17) is 9.47 Å². The average Bonchev–Trinajstić information content (AvgIpc) is 3.11. The van der Waals surface area contributed by atoms with Gasteiger partial charge in [0, 0.05) is 36.0 Å². The quantitative estimate of drug-likeness (QED) is 0.850. The number of piperidine rings is 1. The molecule has 1 fully saturated rings. The zero-order valence-corrected chi connectivity index (χ0v) is 16.5. The second-order valence-electron chi connectivity index (χ2n) is 6.45. The van der Waals surface area contributed by atoms with Crippen molar-refractivity contribution < 1.29 is 19.1 Å².